The summed E-state index contributed by atoms with van der Waals surface area (Å²) >= 11 is 0. The number of hydrogen-bond acceptors (Lipinski definition) is 5. The number of nitrogens with one attached hydrogen (secondary N) is 1. The maximum absolute atomic E-state index is 14.9. The van der Waals surface area contributed by atoms with E-state index in [1.54, 1.807) is 49.7 Å². The first-order valence-corrected chi connectivity index (χ1v) is 10.6. The van der Waals surface area contributed by atoms with Crippen LogP contribution in [0.3, 0.4) is 0 Å². The van der Waals surface area contributed by atoms with Gasteiger partial charge in [0.2, 0.25) is 0 Å². The number of anilines is 1. The van der Waals surface area contributed by atoms with Crippen molar-refractivity contribution in [3.05, 3.63) is 107 Å². The second kappa shape index (κ2) is 8.64. The summed E-state index contributed by atoms with van der Waals surface area (Å²) in [6.07, 6.45) is 3.30. The van der Waals surface area contributed by atoms with Crippen molar-refractivity contribution in [1.29, 1.82) is 5.26 Å². The largest absolute Gasteiger partial charge is 0.497 e. The van der Waals surface area contributed by atoms with Crippen LogP contribution in [0.5, 0.6) is 5.75 Å². The summed E-state index contributed by atoms with van der Waals surface area (Å²) in [4.78, 5) is 18.0. The summed E-state index contributed by atoms with van der Waals surface area (Å²) in [5, 5.41) is 13.2. The van der Waals surface area contributed by atoms with Gasteiger partial charge in [0.1, 0.15) is 17.6 Å². The highest BCUT2D eigenvalue weighted by Gasteiger charge is 2.34. The van der Waals surface area contributed by atoms with Crippen LogP contribution in [0.1, 0.15) is 27.2 Å². The summed E-state index contributed by atoms with van der Waals surface area (Å²) in [6.45, 7) is 0. The minimum Gasteiger partial charge on any atom is -0.497 e. The average molecular weight is 447 g/mol. The zero-order valence-corrected chi connectivity index (χ0v) is 18.2. The number of nitrogens with zero attached hydrogens (tertiary/aromatic N) is 2. The third kappa shape index (κ3) is 3.50. The predicted molar refractivity (Wildman–Crippen MR) is 129 cm³/mol. The maximum Gasteiger partial charge on any atom is 0.196 e. The van der Waals surface area contributed by atoms with Gasteiger partial charge < -0.3 is 10.1 Å². The molecular weight excluding hydrogens is 429 g/mol. The van der Waals surface area contributed by atoms with E-state index in [4.69, 9.17) is 4.74 Å². The molecule has 0 saturated carbocycles. The molecule has 0 radical (unpaired) electrons. The van der Waals surface area contributed by atoms with Gasteiger partial charge in [0.25, 0.3) is 0 Å². The number of fused-ring (bicyclic) bond motifs is 3. The number of benzene rings is 3. The quantitative estimate of drug-likeness (QED) is 0.354. The van der Waals surface area contributed by atoms with Gasteiger partial charge in [0.15, 0.2) is 5.78 Å². The van der Waals surface area contributed by atoms with E-state index < -0.39 is 5.82 Å². The van der Waals surface area contributed by atoms with Crippen LogP contribution in [0.4, 0.5) is 10.1 Å². The normalized spacial score (nSPS) is 11.7. The Hall–Kier alpha value is -4.76. The molecule has 0 bridgehead atoms. The van der Waals surface area contributed by atoms with Crippen molar-refractivity contribution in [1.82, 2.24) is 4.98 Å². The number of carbonyl (C=O) groups excluding carboxylic acids is 1. The predicted octanol–water partition coefficient (Wildman–Crippen LogP) is 6.06. The molecule has 3 aromatic carbocycles. The van der Waals surface area contributed by atoms with Gasteiger partial charge in [-0.15, -0.1) is 0 Å². The van der Waals surface area contributed by atoms with E-state index in [0.717, 1.165) is 5.69 Å². The molecule has 5 nitrogen and oxygen atoms in total. The number of nitriles is 1. The fourth-order valence-corrected chi connectivity index (χ4v) is 4.14. The molecule has 0 unspecified atom stereocenters. The van der Waals surface area contributed by atoms with E-state index in [9.17, 15) is 14.4 Å². The Morgan fingerprint density at radius 2 is 1.71 bits per heavy atom. The molecule has 0 fully saturated rings. The number of ketones is 1. The Balaban J connectivity index is 1.69. The van der Waals surface area contributed by atoms with Crippen LogP contribution < -0.4 is 10.1 Å². The molecule has 5 rings (SSSR count). The monoisotopic (exact) mass is 447 g/mol. The molecule has 1 aliphatic carbocycles. The molecular formula is C28H18FN3O2. The lowest BCUT2D eigenvalue weighted by molar-refractivity contribution is 0.104. The van der Waals surface area contributed by atoms with Crippen LogP contribution in [-0.4, -0.2) is 17.9 Å². The highest BCUT2D eigenvalue weighted by molar-refractivity contribution is 6.24. The summed E-state index contributed by atoms with van der Waals surface area (Å²) in [6, 6.07) is 22.8. The maximum atomic E-state index is 14.9. The van der Waals surface area contributed by atoms with E-state index >= 15 is 0 Å². The van der Waals surface area contributed by atoms with Crippen molar-refractivity contribution >= 4 is 17.5 Å². The average Bonchev–Trinajstić information content (AvgIpc) is 3.15. The first kappa shape index (κ1) is 21.1. The van der Waals surface area contributed by atoms with Crippen molar-refractivity contribution in [2.75, 3.05) is 12.4 Å². The van der Waals surface area contributed by atoms with E-state index in [-0.39, 0.29) is 28.0 Å². The molecule has 1 aliphatic rings. The number of rotatable bonds is 5. The summed E-state index contributed by atoms with van der Waals surface area (Å²) < 4.78 is 20.1. The number of hydrogen-bond donors (Lipinski definition) is 1. The minimum absolute atomic E-state index is 0.133. The van der Waals surface area contributed by atoms with Gasteiger partial charge in [-0.2, -0.15) is 5.26 Å². The fraction of sp³-hybridized carbons (Fsp3) is 0.0357. The van der Waals surface area contributed by atoms with Crippen molar-refractivity contribution < 1.29 is 13.9 Å². The lowest BCUT2D eigenvalue weighted by Gasteiger charge is -2.13. The second-order valence-electron chi connectivity index (χ2n) is 7.65. The zero-order valence-electron chi connectivity index (χ0n) is 18.2. The molecule has 0 amide bonds. The Morgan fingerprint density at radius 3 is 2.44 bits per heavy atom. The first-order valence-electron chi connectivity index (χ1n) is 10.6. The number of ether oxygens (including phenoxy) is 1. The SMILES string of the molecule is COc1cccc(NC=Cc2nc3c(c(-c4ccccc4F)c2C#N)C(=O)c2ccccc2-3)c1. The van der Waals surface area contributed by atoms with Crippen LogP contribution in [0, 0.1) is 17.1 Å². The molecule has 1 N–H and O–H groups in total. The lowest BCUT2D eigenvalue weighted by Crippen LogP contribution is -2.05. The number of halogens is 1. The van der Waals surface area contributed by atoms with Crippen LogP contribution in [0.15, 0.2) is 79.0 Å². The Labute approximate surface area is 195 Å². The summed E-state index contributed by atoms with van der Waals surface area (Å²) in [7, 11) is 1.59. The fourth-order valence-electron chi connectivity index (χ4n) is 4.14. The highest BCUT2D eigenvalue weighted by atomic mass is 19.1. The molecule has 6 heteroatoms. The van der Waals surface area contributed by atoms with Gasteiger partial charge in [-0.05, 0) is 24.3 Å². The van der Waals surface area contributed by atoms with Gasteiger partial charge in [-0.3, -0.25) is 4.79 Å². The summed E-state index contributed by atoms with van der Waals surface area (Å²) in [5.74, 6) is -0.0813. The van der Waals surface area contributed by atoms with E-state index in [1.165, 1.54) is 6.07 Å². The van der Waals surface area contributed by atoms with Gasteiger partial charge >= 0.3 is 0 Å². The van der Waals surface area contributed by atoms with Gasteiger partial charge in [-0.1, -0.05) is 48.5 Å². The molecule has 1 heterocycles. The molecule has 34 heavy (non-hydrogen) atoms. The van der Waals surface area contributed by atoms with Crippen LogP contribution >= 0.6 is 0 Å². The molecule has 0 atom stereocenters. The van der Waals surface area contributed by atoms with Gasteiger partial charge in [0.05, 0.1) is 29.6 Å². The van der Waals surface area contributed by atoms with Crippen molar-refractivity contribution in [3.63, 3.8) is 0 Å². The van der Waals surface area contributed by atoms with E-state index in [1.807, 2.05) is 36.4 Å². The van der Waals surface area contributed by atoms with Crippen LogP contribution in [0.25, 0.3) is 28.5 Å². The third-order valence-corrected chi connectivity index (χ3v) is 5.70. The molecule has 1 aromatic heterocycles. The Morgan fingerprint density at radius 1 is 0.971 bits per heavy atom. The van der Waals surface area contributed by atoms with Crippen molar-refractivity contribution in [2.24, 2.45) is 0 Å². The molecule has 0 saturated heterocycles. The van der Waals surface area contributed by atoms with Gasteiger partial charge in [-0.25, -0.2) is 9.37 Å². The zero-order chi connectivity index (χ0) is 23.7. The van der Waals surface area contributed by atoms with Crippen molar-refractivity contribution in [2.45, 2.75) is 0 Å². The van der Waals surface area contributed by atoms with Gasteiger partial charge in [0, 0.05) is 40.2 Å². The minimum atomic E-state index is -0.513. The number of carbonyl (C=O) groups is 1. The number of methoxy groups -OCH3 is 1. The van der Waals surface area contributed by atoms with E-state index in [2.05, 4.69) is 16.4 Å². The standard InChI is InChI=1S/C28H18FN3O2/c1-34-18-8-6-7-17(15-18)31-14-13-24-22(16-30)25(21-11-4-5-12-23(21)29)26-27(32-24)19-9-2-3-10-20(19)28(26)33/h2-15,31H,1H3. The number of aromatic nitrogens is 1. The van der Waals surface area contributed by atoms with Crippen LogP contribution in [-0.2, 0) is 0 Å². The van der Waals surface area contributed by atoms with E-state index in [0.29, 0.717) is 28.3 Å². The molecule has 4 aromatic rings. The first-order chi connectivity index (χ1) is 16.6. The highest BCUT2D eigenvalue weighted by Crippen LogP contribution is 2.43. The topological polar surface area (TPSA) is 75.0 Å². The molecule has 0 aliphatic heterocycles. The molecule has 164 valence electrons. The Kier molecular flexibility index (Phi) is 5.36. The summed E-state index contributed by atoms with van der Waals surface area (Å²) in [5.41, 5.74) is 3.54. The third-order valence-electron chi connectivity index (χ3n) is 5.70. The Bertz CT molecular complexity index is 1520. The van der Waals surface area contributed by atoms with Crippen molar-refractivity contribution in [3.8, 4) is 34.2 Å². The smallest absolute Gasteiger partial charge is 0.196 e. The second-order valence-corrected chi connectivity index (χ2v) is 7.65. The number of pyridine rings is 1. The molecule has 0 spiro atoms. The lowest BCUT2D eigenvalue weighted by atomic mass is 9.92. The van der Waals surface area contributed by atoms with Crippen LogP contribution in [0.2, 0.25) is 0 Å².